The van der Waals surface area contributed by atoms with Crippen LogP contribution in [0.4, 0.5) is 0 Å². The monoisotopic (exact) mass is 383 g/mol. The molecule has 6 nitrogen and oxygen atoms in total. The molecule has 1 atom stereocenters. The predicted molar refractivity (Wildman–Crippen MR) is 89.6 cm³/mol. The summed E-state index contributed by atoms with van der Waals surface area (Å²) in [6, 6.07) is 9.61. The molecule has 9 heteroatoms. The molecule has 124 valence electrons. The molecule has 0 aliphatic carbocycles. The van der Waals surface area contributed by atoms with Crippen LogP contribution in [0.1, 0.15) is 18.1 Å². The van der Waals surface area contributed by atoms with Crippen molar-refractivity contribution < 1.29 is 12.9 Å². The smallest absolute Gasteiger partial charge is 0.245 e. The van der Waals surface area contributed by atoms with Crippen molar-refractivity contribution in [3.8, 4) is 11.4 Å². The number of nitrogens with zero attached hydrogens (tertiary/aromatic N) is 3. The molecule has 1 aromatic carbocycles. The summed E-state index contributed by atoms with van der Waals surface area (Å²) in [7, 11) is -3.77. The van der Waals surface area contributed by atoms with Crippen LogP contribution >= 0.6 is 23.2 Å². The maximum Gasteiger partial charge on any atom is 0.245 e. The summed E-state index contributed by atoms with van der Waals surface area (Å²) < 4.78 is 30.3. The molecular weight excluding hydrogens is 373 g/mol. The lowest BCUT2D eigenvalue weighted by Crippen LogP contribution is -2.12. The van der Waals surface area contributed by atoms with E-state index in [1.807, 2.05) is 0 Å². The second-order valence-corrected chi connectivity index (χ2v) is 8.05. The van der Waals surface area contributed by atoms with Gasteiger partial charge in [0.2, 0.25) is 21.6 Å². The van der Waals surface area contributed by atoms with E-state index in [4.69, 9.17) is 27.7 Å². The molecule has 0 saturated carbocycles. The highest BCUT2D eigenvalue weighted by Gasteiger charge is 2.31. The molecule has 0 spiro atoms. The second-order valence-electron chi connectivity index (χ2n) is 4.97. The van der Waals surface area contributed by atoms with Gasteiger partial charge in [-0.3, -0.25) is 0 Å². The van der Waals surface area contributed by atoms with Crippen molar-refractivity contribution in [2.75, 3.05) is 0 Å². The Bertz CT molecular complexity index is 954. The zero-order valence-corrected chi connectivity index (χ0v) is 14.7. The topological polar surface area (TPSA) is 86.0 Å². The average molecular weight is 384 g/mol. The summed E-state index contributed by atoms with van der Waals surface area (Å²) in [5.74, 6) is 0.268. The van der Waals surface area contributed by atoms with Crippen LogP contribution in [0.5, 0.6) is 0 Å². The third kappa shape index (κ3) is 3.28. The van der Waals surface area contributed by atoms with Gasteiger partial charge in [0, 0.05) is 16.8 Å². The largest absolute Gasteiger partial charge is 0.338 e. The van der Waals surface area contributed by atoms with Gasteiger partial charge in [-0.1, -0.05) is 28.4 Å². The molecular formula is C15H11Cl2N3O3S. The fraction of sp³-hybridized carbons (Fsp3) is 0.133. The van der Waals surface area contributed by atoms with E-state index in [-0.39, 0.29) is 16.7 Å². The van der Waals surface area contributed by atoms with E-state index in [1.165, 1.54) is 25.3 Å². The first kappa shape index (κ1) is 16.9. The number of pyridine rings is 1. The summed E-state index contributed by atoms with van der Waals surface area (Å²) in [6.45, 7) is 1.46. The summed E-state index contributed by atoms with van der Waals surface area (Å²) in [4.78, 5) is 8.01. The summed E-state index contributed by atoms with van der Waals surface area (Å²) in [6.07, 6.45) is 1.27. The minimum Gasteiger partial charge on any atom is -0.338 e. The van der Waals surface area contributed by atoms with Crippen molar-refractivity contribution in [3.05, 3.63) is 58.5 Å². The Morgan fingerprint density at radius 2 is 1.71 bits per heavy atom. The van der Waals surface area contributed by atoms with Crippen molar-refractivity contribution >= 4 is 33.0 Å². The average Bonchev–Trinajstić information content (AvgIpc) is 3.05. The maximum absolute atomic E-state index is 12.6. The summed E-state index contributed by atoms with van der Waals surface area (Å²) >= 11 is 11.6. The Kier molecular flexibility index (Phi) is 4.58. The number of hydrogen-bond acceptors (Lipinski definition) is 6. The highest BCUT2D eigenvalue weighted by molar-refractivity contribution is 7.91. The first-order valence-corrected chi connectivity index (χ1v) is 9.13. The molecule has 3 aromatic rings. The minimum absolute atomic E-state index is 0.0169. The van der Waals surface area contributed by atoms with Crippen molar-refractivity contribution in [2.24, 2.45) is 0 Å². The van der Waals surface area contributed by atoms with Crippen molar-refractivity contribution in [3.63, 3.8) is 0 Å². The number of aromatic nitrogens is 3. The minimum atomic E-state index is -3.77. The summed E-state index contributed by atoms with van der Waals surface area (Å²) in [5.41, 5.74) is 0.670. The molecule has 0 radical (unpaired) electrons. The zero-order valence-electron chi connectivity index (χ0n) is 12.3. The van der Waals surface area contributed by atoms with E-state index in [9.17, 15) is 8.42 Å². The molecule has 0 bridgehead atoms. The van der Waals surface area contributed by atoms with Crippen LogP contribution in [0.2, 0.25) is 10.0 Å². The van der Waals surface area contributed by atoms with Gasteiger partial charge in [0.15, 0.2) is 5.03 Å². The van der Waals surface area contributed by atoms with Crippen molar-refractivity contribution in [1.82, 2.24) is 15.1 Å². The van der Waals surface area contributed by atoms with Gasteiger partial charge < -0.3 is 4.52 Å². The third-order valence-electron chi connectivity index (χ3n) is 3.35. The van der Waals surface area contributed by atoms with Gasteiger partial charge in [-0.05, 0) is 43.3 Å². The molecule has 0 saturated heterocycles. The number of halogens is 2. The molecule has 0 N–H and O–H groups in total. The predicted octanol–water partition coefficient (Wildman–Crippen LogP) is 3.97. The highest BCUT2D eigenvalue weighted by atomic mass is 35.5. The Balaban J connectivity index is 1.91. The van der Waals surface area contributed by atoms with Crippen molar-refractivity contribution in [2.45, 2.75) is 17.2 Å². The first-order chi connectivity index (χ1) is 11.4. The molecule has 3 rings (SSSR count). The molecule has 1 unspecified atom stereocenters. The van der Waals surface area contributed by atoms with Gasteiger partial charge in [-0.15, -0.1) is 0 Å². The number of benzene rings is 1. The maximum atomic E-state index is 12.6. The van der Waals surface area contributed by atoms with Crippen LogP contribution in [-0.4, -0.2) is 23.5 Å². The number of sulfone groups is 1. The number of hydrogen-bond donors (Lipinski definition) is 0. The van der Waals surface area contributed by atoms with Gasteiger partial charge >= 0.3 is 0 Å². The van der Waals surface area contributed by atoms with Crippen LogP contribution in [0.3, 0.4) is 0 Å². The Hall–Kier alpha value is -1.96. The molecule has 0 fully saturated rings. The molecule has 0 aliphatic heterocycles. The molecule has 24 heavy (non-hydrogen) atoms. The van der Waals surface area contributed by atoms with Crippen LogP contribution in [0, 0.1) is 0 Å². The Morgan fingerprint density at radius 1 is 1.04 bits per heavy atom. The van der Waals surface area contributed by atoms with E-state index < -0.39 is 15.1 Å². The first-order valence-electron chi connectivity index (χ1n) is 6.83. The van der Waals surface area contributed by atoms with Gasteiger partial charge in [-0.2, -0.15) is 4.98 Å². The Labute approximate surface area is 148 Å². The lowest BCUT2D eigenvalue weighted by molar-refractivity contribution is 0.376. The number of rotatable bonds is 4. The van der Waals surface area contributed by atoms with Crippen LogP contribution in [0.15, 0.2) is 52.1 Å². The second kappa shape index (κ2) is 6.51. The standard InChI is InChI=1S/C15H11Cl2N3O3S/c1-9(24(21,22)13-7-6-12(17)8-18-13)15-19-14(20-23-15)10-2-4-11(16)5-3-10/h2-9H,1H3. The lowest BCUT2D eigenvalue weighted by atomic mass is 10.2. The van der Waals surface area contributed by atoms with E-state index in [0.29, 0.717) is 15.6 Å². The van der Waals surface area contributed by atoms with Crippen LogP contribution in [0.25, 0.3) is 11.4 Å². The molecule has 0 amide bonds. The Morgan fingerprint density at radius 3 is 2.33 bits per heavy atom. The zero-order chi connectivity index (χ0) is 17.3. The third-order valence-corrected chi connectivity index (χ3v) is 5.78. The quantitative estimate of drug-likeness (QED) is 0.677. The van der Waals surface area contributed by atoms with Gasteiger partial charge in [0.25, 0.3) is 0 Å². The van der Waals surface area contributed by atoms with Gasteiger partial charge in [0.05, 0.1) is 5.02 Å². The lowest BCUT2D eigenvalue weighted by Gasteiger charge is -2.07. The fourth-order valence-electron chi connectivity index (χ4n) is 1.96. The van der Waals surface area contributed by atoms with E-state index in [1.54, 1.807) is 24.3 Å². The summed E-state index contributed by atoms with van der Waals surface area (Å²) in [5, 5.41) is 3.60. The van der Waals surface area contributed by atoms with Crippen molar-refractivity contribution in [1.29, 1.82) is 0 Å². The molecule has 0 aliphatic rings. The fourth-order valence-corrected chi connectivity index (χ4v) is 3.38. The van der Waals surface area contributed by atoms with E-state index in [2.05, 4.69) is 15.1 Å². The van der Waals surface area contributed by atoms with E-state index >= 15 is 0 Å². The highest BCUT2D eigenvalue weighted by Crippen LogP contribution is 2.28. The molecule has 2 heterocycles. The molecule has 2 aromatic heterocycles. The van der Waals surface area contributed by atoms with E-state index in [0.717, 1.165) is 0 Å². The van der Waals surface area contributed by atoms with Crippen LogP contribution < -0.4 is 0 Å². The SMILES string of the molecule is CC(c1nc(-c2ccc(Cl)cc2)no1)S(=O)(=O)c1ccc(Cl)cn1. The van der Waals surface area contributed by atoms with Gasteiger partial charge in [0.1, 0.15) is 5.25 Å². The van der Waals surface area contributed by atoms with Gasteiger partial charge in [-0.25, -0.2) is 13.4 Å². The van der Waals surface area contributed by atoms with Crippen LogP contribution in [-0.2, 0) is 9.84 Å². The normalized spacial score (nSPS) is 13.0.